The molecule has 0 atom stereocenters. The summed E-state index contributed by atoms with van der Waals surface area (Å²) in [5.41, 5.74) is 4.18. The van der Waals surface area contributed by atoms with Crippen molar-refractivity contribution in [1.82, 2.24) is 0 Å². The third-order valence-corrected chi connectivity index (χ3v) is 0.231. The van der Waals surface area contributed by atoms with Gasteiger partial charge in [-0.1, -0.05) is 0 Å². The van der Waals surface area contributed by atoms with E-state index in [1.807, 2.05) is 0 Å². The first-order valence-electron chi connectivity index (χ1n) is 1.33. The van der Waals surface area contributed by atoms with Gasteiger partial charge in [-0.3, -0.25) is 0 Å². The van der Waals surface area contributed by atoms with Gasteiger partial charge in [0.05, 0.1) is 6.54 Å². The van der Waals surface area contributed by atoms with E-state index in [9.17, 15) is 13.2 Å². The van der Waals surface area contributed by atoms with Crippen molar-refractivity contribution in [3.63, 3.8) is 0 Å². The average molecular weight is 123 g/mol. The molecule has 7 heavy (non-hydrogen) atoms. The van der Waals surface area contributed by atoms with Crippen LogP contribution >= 0.6 is 0 Å². The summed E-state index contributed by atoms with van der Waals surface area (Å²) >= 11 is 0. The SMILES string of the molecule is NCC(F)(F)F.[NaH]. The summed E-state index contributed by atoms with van der Waals surface area (Å²) in [6.07, 6.45) is -4.18. The number of hydrogen-bond donors (Lipinski definition) is 1. The topological polar surface area (TPSA) is 26.0 Å². The van der Waals surface area contributed by atoms with Gasteiger partial charge in [0.15, 0.2) is 0 Å². The van der Waals surface area contributed by atoms with Gasteiger partial charge in [-0.05, 0) is 0 Å². The molecule has 0 saturated carbocycles. The normalized spacial score (nSPS) is 10.3. The Labute approximate surface area is 61.4 Å². The molecule has 0 aromatic heterocycles. The molecule has 0 fully saturated rings. The summed E-state index contributed by atoms with van der Waals surface area (Å²) in [6.45, 7) is -1.23. The Hall–Kier alpha value is 0.750. The van der Waals surface area contributed by atoms with Crippen molar-refractivity contribution in [3.05, 3.63) is 0 Å². The van der Waals surface area contributed by atoms with E-state index < -0.39 is 12.7 Å². The number of nitrogens with two attached hydrogens (primary N) is 1. The number of rotatable bonds is 0. The summed E-state index contributed by atoms with van der Waals surface area (Å²) in [7, 11) is 0. The minimum absolute atomic E-state index is 0. The van der Waals surface area contributed by atoms with Crippen LogP contribution in [-0.4, -0.2) is 42.3 Å². The van der Waals surface area contributed by atoms with Crippen LogP contribution in [0.4, 0.5) is 13.2 Å². The van der Waals surface area contributed by atoms with Gasteiger partial charge in [0.1, 0.15) is 0 Å². The second-order valence-electron chi connectivity index (χ2n) is 0.819. The zero-order valence-corrected chi connectivity index (χ0v) is 2.92. The quantitative estimate of drug-likeness (QED) is 0.446. The Bertz CT molecular complexity index is 42.7. The van der Waals surface area contributed by atoms with E-state index >= 15 is 0 Å². The Morgan fingerprint density at radius 2 is 1.43 bits per heavy atom. The molecule has 0 rings (SSSR count). The molecular formula is C2H5F3NNa. The zero-order chi connectivity index (χ0) is 5.21. The molecule has 0 saturated heterocycles. The molecule has 0 aliphatic heterocycles. The summed E-state index contributed by atoms with van der Waals surface area (Å²) in [6, 6.07) is 0. The van der Waals surface area contributed by atoms with Crippen LogP contribution in [0.2, 0.25) is 0 Å². The molecule has 1 nitrogen and oxygen atoms in total. The van der Waals surface area contributed by atoms with Gasteiger partial charge < -0.3 is 5.73 Å². The van der Waals surface area contributed by atoms with E-state index in [0.29, 0.717) is 0 Å². The molecule has 40 valence electrons. The van der Waals surface area contributed by atoms with Gasteiger partial charge in [0.2, 0.25) is 0 Å². The first-order chi connectivity index (χ1) is 2.56. The first-order valence-corrected chi connectivity index (χ1v) is 1.33. The Morgan fingerprint density at radius 1 is 1.29 bits per heavy atom. The summed E-state index contributed by atoms with van der Waals surface area (Å²) in [4.78, 5) is 0. The monoisotopic (exact) mass is 123 g/mol. The molecule has 0 radical (unpaired) electrons. The summed E-state index contributed by atoms with van der Waals surface area (Å²) < 4.78 is 32.0. The number of halogens is 3. The molecule has 0 aromatic rings. The van der Waals surface area contributed by atoms with E-state index in [1.165, 1.54) is 0 Å². The van der Waals surface area contributed by atoms with Gasteiger partial charge in [-0.2, -0.15) is 13.2 Å². The van der Waals surface area contributed by atoms with Crippen molar-refractivity contribution in [2.75, 3.05) is 6.54 Å². The van der Waals surface area contributed by atoms with Gasteiger partial charge in [0.25, 0.3) is 0 Å². The van der Waals surface area contributed by atoms with Crippen molar-refractivity contribution >= 4 is 29.6 Å². The fourth-order valence-electron chi connectivity index (χ4n) is 0. The molecule has 5 heteroatoms. The summed E-state index contributed by atoms with van der Waals surface area (Å²) in [5.74, 6) is 0. The van der Waals surface area contributed by atoms with E-state index in [2.05, 4.69) is 5.73 Å². The zero-order valence-electron chi connectivity index (χ0n) is 2.92. The molecule has 0 amide bonds. The standard InChI is InChI=1S/C2H4F3N.Na.H/c3-2(4,5)1-6;;/h1,6H2;;. The maximum absolute atomic E-state index is 10.7. The van der Waals surface area contributed by atoms with Crippen LogP contribution in [0, 0.1) is 0 Å². The van der Waals surface area contributed by atoms with Crippen LogP contribution in [-0.2, 0) is 0 Å². The van der Waals surface area contributed by atoms with Crippen LogP contribution in [0.5, 0.6) is 0 Å². The van der Waals surface area contributed by atoms with Gasteiger partial charge >= 0.3 is 35.7 Å². The number of alkyl halides is 3. The van der Waals surface area contributed by atoms with Crippen molar-refractivity contribution in [3.8, 4) is 0 Å². The van der Waals surface area contributed by atoms with Gasteiger partial charge in [-0.15, -0.1) is 0 Å². The van der Waals surface area contributed by atoms with Crippen LogP contribution in [0.15, 0.2) is 0 Å². The third-order valence-electron chi connectivity index (χ3n) is 0.231. The van der Waals surface area contributed by atoms with Crippen LogP contribution in [0.3, 0.4) is 0 Å². The second-order valence-corrected chi connectivity index (χ2v) is 0.819. The molecular weight excluding hydrogens is 118 g/mol. The predicted octanol–water partition coefficient (Wildman–Crippen LogP) is -0.141. The van der Waals surface area contributed by atoms with E-state index in [-0.39, 0.29) is 29.6 Å². The van der Waals surface area contributed by atoms with Gasteiger partial charge in [0, 0.05) is 0 Å². The molecule has 0 bridgehead atoms. The second kappa shape index (κ2) is 3.72. The van der Waals surface area contributed by atoms with Gasteiger partial charge in [-0.25, -0.2) is 0 Å². The first kappa shape index (κ1) is 10.7. The van der Waals surface area contributed by atoms with Crippen LogP contribution < -0.4 is 5.73 Å². The van der Waals surface area contributed by atoms with E-state index in [1.54, 1.807) is 0 Å². The van der Waals surface area contributed by atoms with Crippen molar-refractivity contribution in [2.24, 2.45) is 5.73 Å². The van der Waals surface area contributed by atoms with Crippen LogP contribution in [0.25, 0.3) is 0 Å². The Morgan fingerprint density at radius 3 is 1.43 bits per heavy atom. The maximum atomic E-state index is 10.7. The molecule has 0 unspecified atom stereocenters. The fraction of sp³-hybridized carbons (Fsp3) is 1.00. The van der Waals surface area contributed by atoms with Crippen molar-refractivity contribution < 1.29 is 13.2 Å². The molecule has 0 aliphatic carbocycles. The Balaban J connectivity index is 0. The number of hydrogen-bond acceptors (Lipinski definition) is 1. The minimum atomic E-state index is -4.18. The molecule has 0 heterocycles. The average Bonchev–Trinajstić information content (AvgIpc) is 1.35. The van der Waals surface area contributed by atoms with E-state index in [0.717, 1.165) is 0 Å². The third kappa shape index (κ3) is 10.8. The molecule has 0 spiro atoms. The summed E-state index contributed by atoms with van der Waals surface area (Å²) in [5, 5.41) is 0. The molecule has 0 aromatic carbocycles. The Kier molecular flexibility index (Phi) is 5.67. The predicted molar refractivity (Wildman–Crippen MR) is 22.3 cm³/mol. The fourth-order valence-corrected chi connectivity index (χ4v) is 0. The van der Waals surface area contributed by atoms with Crippen molar-refractivity contribution in [1.29, 1.82) is 0 Å². The van der Waals surface area contributed by atoms with Crippen molar-refractivity contribution in [2.45, 2.75) is 6.18 Å². The molecule has 0 aliphatic rings. The van der Waals surface area contributed by atoms with E-state index in [4.69, 9.17) is 0 Å². The van der Waals surface area contributed by atoms with Crippen LogP contribution in [0.1, 0.15) is 0 Å². The molecule has 2 N–H and O–H groups in total.